The van der Waals surface area contributed by atoms with Crippen LogP contribution < -0.4 is 0 Å². The minimum absolute atomic E-state index is 0.270. The molecule has 1 aromatic carbocycles. The van der Waals surface area contributed by atoms with Gasteiger partial charge in [-0.25, -0.2) is 0 Å². The van der Waals surface area contributed by atoms with Gasteiger partial charge in [-0.2, -0.15) is 0 Å². The lowest BCUT2D eigenvalue weighted by atomic mass is 10.0. The first-order valence-corrected chi connectivity index (χ1v) is 11.1. The largest absolute Gasteiger partial charge is 0.300 e. The molecule has 2 heteroatoms. The van der Waals surface area contributed by atoms with Gasteiger partial charge in [0.15, 0.2) is 0 Å². The van der Waals surface area contributed by atoms with E-state index >= 15 is 0 Å². The normalized spacial score (nSPS) is 13.3. The Morgan fingerprint density at radius 3 is 2.26 bits per heavy atom. The summed E-state index contributed by atoms with van der Waals surface area (Å²) in [4.78, 5) is 12.5. The molecule has 1 rings (SSSR count). The van der Waals surface area contributed by atoms with Crippen LogP contribution >= 0.6 is 0 Å². The molecule has 0 fully saturated rings. The van der Waals surface area contributed by atoms with E-state index in [1.165, 1.54) is 18.4 Å². The molecule has 1 atom stereocenters. The Morgan fingerprint density at radius 2 is 1.74 bits per heavy atom. The van der Waals surface area contributed by atoms with Crippen LogP contribution in [-0.2, 0) is 11.2 Å². The van der Waals surface area contributed by atoms with E-state index in [1.54, 1.807) is 0 Å². The summed E-state index contributed by atoms with van der Waals surface area (Å²) in [6.45, 7) is 9.14. The quantitative estimate of drug-likeness (QED) is 0.477. The first-order valence-electron chi connectivity index (χ1n) is 7.51. The summed E-state index contributed by atoms with van der Waals surface area (Å²) < 4.78 is 0. The molecular formula is C17H28OSi. The van der Waals surface area contributed by atoms with E-state index in [2.05, 4.69) is 50.8 Å². The van der Waals surface area contributed by atoms with Gasteiger partial charge in [-0.15, -0.1) is 0 Å². The van der Waals surface area contributed by atoms with Crippen molar-refractivity contribution in [1.82, 2.24) is 0 Å². The number of rotatable bonds is 8. The Kier molecular flexibility index (Phi) is 6.50. The van der Waals surface area contributed by atoms with Crippen LogP contribution in [0.3, 0.4) is 0 Å². The number of carbonyl (C=O) groups excluding carboxylic acids is 1. The summed E-state index contributed by atoms with van der Waals surface area (Å²) in [6.07, 6.45) is 5.13. The molecule has 0 bridgehead atoms. The van der Waals surface area contributed by atoms with Crippen molar-refractivity contribution < 1.29 is 4.79 Å². The zero-order chi connectivity index (χ0) is 14.3. The SMILES string of the molecule is CCCCCC(=O)[C@H](Cc1ccccc1)[Si](C)(C)C. The molecule has 0 amide bonds. The summed E-state index contributed by atoms with van der Waals surface area (Å²) >= 11 is 0. The molecule has 19 heavy (non-hydrogen) atoms. The minimum atomic E-state index is -1.44. The molecule has 1 nitrogen and oxygen atoms in total. The maximum atomic E-state index is 12.5. The molecule has 0 aliphatic rings. The fraction of sp³-hybridized carbons (Fsp3) is 0.588. The third-order valence-electron chi connectivity index (χ3n) is 3.74. The summed E-state index contributed by atoms with van der Waals surface area (Å²) in [6, 6.07) is 10.5. The number of Topliss-reactive ketones (excluding diaryl/α,β-unsaturated/α-hetero) is 1. The molecule has 106 valence electrons. The smallest absolute Gasteiger partial charge is 0.133 e. The van der Waals surface area contributed by atoms with E-state index in [-0.39, 0.29) is 5.54 Å². The molecule has 0 radical (unpaired) electrons. The minimum Gasteiger partial charge on any atom is -0.300 e. The van der Waals surface area contributed by atoms with E-state index in [1.807, 2.05) is 6.07 Å². The zero-order valence-corrected chi connectivity index (χ0v) is 13.9. The summed E-state index contributed by atoms with van der Waals surface area (Å²) in [5, 5.41) is 0. The van der Waals surface area contributed by atoms with Crippen LogP contribution in [0.25, 0.3) is 0 Å². The van der Waals surface area contributed by atoms with E-state index in [0.717, 1.165) is 19.3 Å². The van der Waals surface area contributed by atoms with Gasteiger partial charge >= 0.3 is 0 Å². The lowest BCUT2D eigenvalue weighted by Gasteiger charge is -2.28. The predicted molar refractivity (Wildman–Crippen MR) is 86.4 cm³/mol. The maximum Gasteiger partial charge on any atom is 0.133 e. The standard InChI is InChI=1S/C17H28OSi/c1-5-6-8-13-16(18)17(19(2,3)4)14-15-11-9-7-10-12-15/h7,9-12,17H,5-6,8,13-14H2,1-4H3/t17-/m0/s1. The number of hydrogen-bond donors (Lipinski definition) is 0. The Bertz CT molecular complexity index is 378. The Balaban J connectivity index is 2.70. The summed E-state index contributed by atoms with van der Waals surface area (Å²) in [7, 11) is -1.44. The highest BCUT2D eigenvalue weighted by Crippen LogP contribution is 2.29. The van der Waals surface area contributed by atoms with Crippen molar-refractivity contribution in [2.75, 3.05) is 0 Å². The number of unbranched alkanes of at least 4 members (excludes halogenated alkanes) is 2. The average Bonchev–Trinajstić information content (AvgIpc) is 2.36. The molecule has 0 heterocycles. The highest BCUT2D eigenvalue weighted by molar-refractivity contribution is 6.80. The van der Waals surface area contributed by atoms with E-state index in [0.29, 0.717) is 5.78 Å². The summed E-state index contributed by atoms with van der Waals surface area (Å²) in [5.41, 5.74) is 1.57. The van der Waals surface area contributed by atoms with Crippen LogP contribution in [0.15, 0.2) is 30.3 Å². The molecule has 1 aromatic rings. The van der Waals surface area contributed by atoms with Crippen molar-refractivity contribution in [3.63, 3.8) is 0 Å². The van der Waals surface area contributed by atoms with Crippen LogP contribution in [0.5, 0.6) is 0 Å². The van der Waals surface area contributed by atoms with Crippen LogP contribution in [0.4, 0.5) is 0 Å². The van der Waals surface area contributed by atoms with Crippen molar-refractivity contribution in [1.29, 1.82) is 0 Å². The van der Waals surface area contributed by atoms with Crippen LogP contribution in [0, 0.1) is 0 Å². The molecule has 0 aliphatic heterocycles. The average molecular weight is 276 g/mol. The second kappa shape index (κ2) is 7.64. The molecule has 0 spiro atoms. The van der Waals surface area contributed by atoms with Crippen molar-refractivity contribution in [2.45, 2.75) is 64.2 Å². The van der Waals surface area contributed by atoms with E-state index in [4.69, 9.17) is 0 Å². The Morgan fingerprint density at radius 1 is 1.11 bits per heavy atom. The Hall–Kier alpha value is -0.893. The lowest BCUT2D eigenvalue weighted by Crippen LogP contribution is -2.35. The predicted octanol–water partition coefficient (Wildman–Crippen LogP) is 5.09. The maximum absolute atomic E-state index is 12.5. The van der Waals surface area contributed by atoms with Gasteiger partial charge in [0.1, 0.15) is 5.78 Å². The summed E-state index contributed by atoms with van der Waals surface area (Å²) in [5.74, 6) is 0.497. The lowest BCUT2D eigenvalue weighted by molar-refractivity contribution is -0.119. The van der Waals surface area contributed by atoms with Crippen molar-refractivity contribution in [3.05, 3.63) is 35.9 Å². The van der Waals surface area contributed by atoms with Gasteiger partial charge in [0.25, 0.3) is 0 Å². The second-order valence-corrected chi connectivity index (χ2v) is 12.0. The first kappa shape index (κ1) is 16.2. The number of hydrogen-bond acceptors (Lipinski definition) is 1. The second-order valence-electron chi connectivity index (χ2n) is 6.53. The third-order valence-corrected chi connectivity index (χ3v) is 6.36. The van der Waals surface area contributed by atoms with Gasteiger partial charge in [-0.05, 0) is 18.4 Å². The highest BCUT2D eigenvalue weighted by Gasteiger charge is 2.32. The van der Waals surface area contributed by atoms with Gasteiger partial charge < -0.3 is 0 Å². The zero-order valence-electron chi connectivity index (χ0n) is 12.9. The van der Waals surface area contributed by atoms with Crippen LogP contribution in [-0.4, -0.2) is 13.9 Å². The van der Waals surface area contributed by atoms with Crippen LogP contribution in [0.1, 0.15) is 38.2 Å². The molecule has 0 saturated carbocycles. The van der Waals surface area contributed by atoms with Crippen LogP contribution in [0.2, 0.25) is 25.2 Å². The fourth-order valence-electron chi connectivity index (χ4n) is 2.48. The topological polar surface area (TPSA) is 17.1 Å². The van der Waals surface area contributed by atoms with Crippen molar-refractivity contribution in [2.24, 2.45) is 0 Å². The van der Waals surface area contributed by atoms with Gasteiger partial charge in [-0.1, -0.05) is 69.7 Å². The van der Waals surface area contributed by atoms with Crippen molar-refractivity contribution >= 4 is 13.9 Å². The Labute approximate surface area is 119 Å². The third kappa shape index (κ3) is 5.73. The monoisotopic (exact) mass is 276 g/mol. The molecule has 0 unspecified atom stereocenters. The molecule has 0 saturated heterocycles. The highest BCUT2D eigenvalue weighted by atomic mass is 28.3. The molecule has 0 aromatic heterocycles. The molecule has 0 aliphatic carbocycles. The van der Waals surface area contributed by atoms with E-state index < -0.39 is 8.07 Å². The molecule has 0 N–H and O–H groups in total. The number of carbonyl (C=O) groups is 1. The fourth-order valence-corrected chi connectivity index (χ4v) is 4.43. The molecular weight excluding hydrogens is 248 g/mol. The van der Waals surface area contributed by atoms with Gasteiger partial charge in [0, 0.05) is 12.0 Å². The number of ketones is 1. The first-order chi connectivity index (χ1) is 8.95. The van der Waals surface area contributed by atoms with Gasteiger partial charge in [-0.3, -0.25) is 4.79 Å². The van der Waals surface area contributed by atoms with E-state index in [9.17, 15) is 4.79 Å². The van der Waals surface area contributed by atoms with Gasteiger partial charge in [0.05, 0.1) is 8.07 Å². The van der Waals surface area contributed by atoms with Gasteiger partial charge in [0.2, 0.25) is 0 Å². The number of benzene rings is 1. The van der Waals surface area contributed by atoms with Crippen molar-refractivity contribution in [3.8, 4) is 0 Å².